The summed E-state index contributed by atoms with van der Waals surface area (Å²) in [4.78, 5) is 23.0. The highest BCUT2D eigenvalue weighted by Gasteiger charge is 2.26. The lowest BCUT2D eigenvalue weighted by Gasteiger charge is -2.27. The Morgan fingerprint density at radius 3 is 2.81 bits per heavy atom. The third kappa shape index (κ3) is 2.72. The number of hydrogen-bond donors (Lipinski definition) is 1. The van der Waals surface area contributed by atoms with Crippen LogP contribution >= 0.6 is 0 Å². The number of benzene rings is 2. The lowest BCUT2D eigenvalue weighted by molar-refractivity contribution is -0.131. The van der Waals surface area contributed by atoms with Gasteiger partial charge in [0, 0.05) is 12.5 Å². The number of para-hydroxylation sites is 1. The Hall–Kier alpha value is -2.82. The summed E-state index contributed by atoms with van der Waals surface area (Å²) in [7, 11) is 0. The number of ether oxygens (including phenoxy) is 2. The normalized spacial score (nSPS) is 16.4. The fraction of sp³-hybridized carbons (Fsp3) is 0.125. The van der Waals surface area contributed by atoms with E-state index in [0.717, 1.165) is 0 Å². The monoisotopic (exact) mass is 283 g/mol. The zero-order chi connectivity index (χ0) is 14.8. The Morgan fingerprint density at radius 1 is 1.19 bits per heavy atom. The highest BCUT2D eigenvalue weighted by Crippen LogP contribution is 2.30. The lowest BCUT2D eigenvalue weighted by atomic mass is 10.1. The largest absolute Gasteiger partial charge is 0.466 e. The maximum atomic E-state index is 12.1. The van der Waals surface area contributed by atoms with Gasteiger partial charge in [-0.05, 0) is 24.3 Å². The molecule has 0 spiro atoms. The van der Waals surface area contributed by atoms with E-state index in [1.54, 1.807) is 42.5 Å². The van der Waals surface area contributed by atoms with E-state index in [0.29, 0.717) is 22.6 Å². The van der Waals surface area contributed by atoms with Gasteiger partial charge < -0.3 is 14.8 Å². The molecule has 1 aliphatic rings. The molecule has 1 heterocycles. The summed E-state index contributed by atoms with van der Waals surface area (Å²) in [5.41, 5.74) is 1.21. The van der Waals surface area contributed by atoms with Crippen LogP contribution in [0, 0.1) is 0 Å². The molecule has 3 rings (SSSR count). The molecule has 0 bridgehead atoms. The van der Waals surface area contributed by atoms with E-state index in [4.69, 9.17) is 9.47 Å². The number of carbonyl (C=O) groups excluding carboxylic acids is 2. The zero-order valence-corrected chi connectivity index (χ0v) is 11.3. The molecule has 1 amide bonds. The van der Waals surface area contributed by atoms with E-state index in [2.05, 4.69) is 5.32 Å². The number of amides is 1. The van der Waals surface area contributed by atoms with Crippen molar-refractivity contribution in [1.29, 1.82) is 0 Å². The summed E-state index contributed by atoms with van der Waals surface area (Å²) < 4.78 is 10.8. The summed E-state index contributed by atoms with van der Waals surface area (Å²) in [5, 5.41) is 2.77. The van der Waals surface area contributed by atoms with Gasteiger partial charge >= 0.3 is 5.97 Å². The van der Waals surface area contributed by atoms with Crippen LogP contribution in [0.25, 0.3) is 0 Å². The predicted octanol–water partition coefficient (Wildman–Crippen LogP) is 2.43. The SMILES string of the molecule is CC(=O)Oc1cccc([C@@H]2NC(=O)c3ccccc3O2)c1. The Morgan fingerprint density at radius 2 is 2.00 bits per heavy atom. The van der Waals surface area contributed by atoms with E-state index in [-0.39, 0.29) is 5.91 Å². The molecule has 5 nitrogen and oxygen atoms in total. The van der Waals surface area contributed by atoms with Crippen LogP contribution in [0.4, 0.5) is 0 Å². The molecule has 0 aromatic heterocycles. The van der Waals surface area contributed by atoms with E-state index in [1.165, 1.54) is 6.92 Å². The van der Waals surface area contributed by atoms with Crippen molar-refractivity contribution in [3.63, 3.8) is 0 Å². The highest BCUT2D eigenvalue weighted by atomic mass is 16.5. The molecular weight excluding hydrogens is 270 g/mol. The van der Waals surface area contributed by atoms with E-state index in [9.17, 15) is 9.59 Å². The maximum Gasteiger partial charge on any atom is 0.308 e. The van der Waals surface area contributed by atoms with Crippen molar-refractivity contribution in [2.75, 3.05) is 0 Å². The minimum Gasteiger partial charge on any atom is -0.466 e. The molecule has 0 unspecified atom stereocenters. The second kappa shape index (κ2) is 5.28. The molecule has 0 saturated carbocycles. The van der Waals surface area contributed by atoms with Crippen molar-refractivity contribution in [1.82, 2.24) is 5.32 Å². The standard InChI is InChI=1S/C16H13NO4/c1-10(18)20-12-6-4-5-11(9-12)16-17-15(19)13-7-2-3-8-14(13)21-16/h2-9,16H,1H3,(H,17,19)/t16-/m1/s1. The van der Waals surface area contributed by atoms with Gasteiger partial charge in [0.2, 0.25) is 0 Å². The first-order valence-corrected chi connectivity index (χ1v) is 6.48. The summed E-state index contributed by atoms with van der Waals surface area (Å²) >= 11 is 0. The first kappa shape index (κ1) is 13.2. The quantitative estimate of drug-likeness (QED) is 0.679. The first-order valence-electron chi connectivity index (χ1n) is 6.48. The number of rotatable bonds is 2. The van der Waals surface area contributed by atoms with E-state index < -0.39 is 12.2 Å². The maximum absolute atomic E-state index is 12.1. The number of fused-ring (bicyclic) bond motifs is 1. The average Bonchev–Trinajstić information content (AvgIpc) is 2.47. The topological polar surface area (TPSA) is 64.6 Å². The summed E-state index contributed by atoms with van der Waals surface area (Å²) in [6, 6.07) is 13.9. The van der Waals surface area contributed by atoms with Crippen LogP contribution in [0.1, 0.15) is 29.1 Å². The number of carbonyl (C=O) groups is 2. The van der Waals surface area contributed by atoms with Crippen molar-refractivity contribution < 1.29 is 19.1 Å². The lowest BCUT2D eigenvalue weighted by Crippen LogP contribution is -2.36. The van der Waals surface area contributed by atoms with Gasteiger partial charge in [0.15, 0.2) is 6.23 Å². The Bertz CT molecular complexity index is 711. The number of hydrogen-bond acceptors (Lipinski definition) is 4. The van der Waals surface area contributed by atoms with E-state index in [1.807, 2.05) is 6.07 Å². The van der Waals surface area contributed by atoms with Gasteiger partial charge in [-0.3, -0.25) is 9.59 Å². The fourth-order valence-electron chi connectivity index (χ4n) is 2.17. The predicted molar refractivity (Wildman–Crippen MR) is 75.0 cm³/mol. The fourth-order valence-corrected chi connectivity index (χ4v) is 2.17. The van der Waals surface area contributed by atoms with Crippen molar-refractivity contribution in [2.45, 2.75) is 13.2 Å². The Balaban J connectivity index is 1.89. The summed E-state index contributed by atoms with van der Waals surface area (Å²) in [6.45, 7) is 1.34. The Kier molecular flexibility index (Phi) is 3.31. The first-order chi connectivity index (χ1) is 10.1. The minimum absolute atomic E-state index is 0.195. The molecule has 1 aliphatic heterocycles. The molecule has 0 aliphatic carbocycles. The highest BCUT2D eigenvalue weighted by molar-refractivity contribution is 5.98. The van der Waals surface area contributed by atoms with Crippen molar-refractivity contribution in [2.24, 2.45) is 0 Å². The summed E-state index contributed by atoms with van der Waals surface area (Å²) in [6.07, 6.45) is -0.608. The second-order valence-corrected chi connectivity index (χ2v) is 4.63. The van der Waals surface area contributed by atoms with Gasteiger partial charge in [-0.15, -0.1) is 0 Å². The van der Waals surface area contributed by atoms with Crippen molar-refractivity contribution >= 4 is 11.9 Å². The van der Waals surface area contributed by atoms with Crippen molar-refractivity contribution in [3.05, 3.63) is 59.7 Å². The van der Waals surface area contributed by atoms with Crippen molar-refractivity contribution in [3.8, 4) is 11.5 Å². The van der Waals surface area contributed by atoms with Crippen LogP contribution in [0.15, 0.2) is 48.5 Å². The molecular formula is C16H13NO4. The molecule has 0 radical (unpaired) electrons. The second-order valence-electron chi connectivity index (χ2n) is 4.63. The van der Waals surface area contributed by atoms with E-state index >= 15 is 0 Å². The molecule has 21 heavy (non-hydrogen) atoms. The van der Waals surface area contributed by atoms with Gasteiger partial charge in [-0.25, -0.2) is 0 Å². The molecule has 0 fully saturated rings. The molecule has 2 aromatic rings. The van der Waals surface area contributed by atoms with Crippen LogP contribution < -0.4 is 14.8 Å². The third-order valence-electron chi connectivity index (χ3n) is 3.06. The summed E-state index contributed by atoms with van der Waals surface area (Å²) in [5.74, 6) is 0.353. The van der Waals surface area contributed by atoms with Crippen LogP contribution in [0.2, 0.25) is 0 Å². The van der Waals surface area contributed by atoms with Crippen LogP contribution in [0.3, 0.4) is 0 Å². The molecule has 1 atom stereocenters. The van der Waals surface area contributed by atoms with Gasteiger partial charge in [-0.2, -0.15) is 0 Å². The molecule has 0 saturated heterocycles. The molecule has 106 valence electrons. The van der Waals surface area contributed by atoms with Gasteiger partial charge in [-0.1, -0.05) is 24.3 Å². The molecule has 5 heteroatoms. The average molecular weight is 283 g/mol. The minimum atomic E-state index is -0.608. The van der Waals surface area contributed by atoms with Gasteiger partial charge in [0.1, 0.15) is 11.5 Å². The van der Waals surface area contributed by atoms with Gasteiger partial charge in [0.25, 0.3) is 5.91 Å². The van der Waals surface area contributed by atoms with Crippen LogP contribution in [0.5, 0.6) is 11.5 Å². The van der Waals surface area contributed by atoms with Gasteiger partial charge in [0.05, 0.1) is 5.56 Å². The third-order valence-corrected chi connectivity index (χ3v) is 3.06. The molecule has 2 aromatic carbocycles. The van der Waals surface area contributed by atoms with Crippen LogP contribution in [-0.2, 0) is 4.79 Å². The number of nitrogens with one attached hydrogen (secondary N) is 1. The number of esters is 1. The smallest absolute Gasteiger partial charge is 0.308 e. The van der Waals surface area contributed by atoms with Crippen LogP contribution in [-0.4, -0.2) is 11.9 Å². The Labute approximate surface area is 121 Å². The molecule has 1 N–H and O–H groups in total. The zero-order valence-electron chi connectivity index (χ0n) is 11.3.